The molecule has 0 saturated heterocycles. The third-order valence-electron chi connectivity index (χ3n) is 3.15. The van der Waals surface area contributed by atoms with Gasteiger partial charge in [-0.05, 0) is 38.8 Å². The Bertz CT molecular complexity index is 469. The lowest BCUT2D eigenvalue weighted by Crippen LogP contribution is -2.42. The molecule has 1 aromatic rings. The Hall–Kier alpha value is -1.84. The fraction of sp³-hybridized carbons (Fsp3) is 0.500. The van der Waals surface area contributed by atoms with E-state index in [1.54, 1.807) is 11.8 Å². The second-order valence-electron chi connectivity index (χ2n) is 5.02. The number of amides is 1. The summed E-state index contributed by atoms with van der Waals surface area (Å²) in [5.41, 5.74) is 2.08. The number of carbonyl (C=O) groups is 2. The number of benzene rings is 1. The van der Waals surface area contributed by atoms with E-state index >= 15 is 0 Å². The summed E-state index contributed by atoms with van der Waals surface area (Å²) in [6.07, 6.45) is 0.310. The number of rotatable bonds is 6. The van der Waals surface area contributed by atoms with Crippen LogP contribution in [0.15, 0.2) is 24.3 Å². The molecule has 0 heterocycles. The summed E-state index contributed by atoms with van der Waals surface area (Å²) in [7, 11) is 0. The maximum atomic E-state index is 12.4. The van der Waals surface area contributed by atoms with Gasteiger partial charge in [0.2, 0.25) is 5.91 Å². The van der Waals surface area contributed by atoms with Crippen molar-refractivity contribution in [3.8, 4) is 0 Å². The molecule has 4 heteroatoms. The molecule has 0 bridgehead atoms. The third kappa shape index (κ3) is 4.68. The maximum absolute atomic E-state index is 12.4. The smallest absolute Gasteiger partial charge is 0.325 e. The molecular weight excluding hydrogens is 254 g/mol. The fourth-order valence-corrected chi connectivity index (χ4v) is 1.98. The topological polar surface area (TPSA) is 46.6 Å². The predicted octanol–water partition coefficient (Wildman–Crippen LogP) is 2.34. The van der Waals surface area contributed by atoms with Gasteiger partial charge in [-0.25, -0.2) is 0 Å². The molecule has 0 aliphatic rings. The van der Waals surface area contributed by atoms with Crippen LogP contribution in [0, 0.1) is 6.92 Å². The molecule has 20 heavy (non-hydrogen) atoms. The molecule has 1 amide bonds. The van der Waals surface area contributed by atoms with Crippen LogP contribution < -0.4 is 0 Å². The Balaban J connectivity index is 2.75. The molecule has 0 aliphatic heterocycles. The number of carbonyl (C=O) groups excluding carboxylic acids is 2. The van der Waals surface area contributed by atoms with Crippen LogP contribution in [0.5, 0.6) is 0 Å². The van der Waals surface area contributed by atoms with Gasteiger partial charge in [0.25, 0.3) is 0 Å². The zero-order chi connectivity index (χ0) is 15.1. The van der Waals surface area contributed by atoms with Gasteiger partial charge in [-0.15, -0.1) is 0 Å². The highest BCUT2D eigenvalue weighted by Gasteiger charge is 2.21. The van der Waals surface area contributed by atoms with E-state index in [0.717, 1.165) is 11.1 Å². The number of hydrogen-bond acceptors (Lipinski definition) is 3. The Kier molecular flexibility index (Phi) is 6.22. The number of aryl methyl sites for hydroxylation is 1. The van der Waals surface area contributed by atoms with Gasteiger partial charge in [0.1, 0.15) is 6.54 Å². The molecule has 0 aromatic heterocycles. The van der Waals surface area contributed by atoms with Crippen LogP contribution in [0.2, 0.25) is 0 Å². The van der Waals surface area contributed by atoms with Gasteiger partial charge in [0, 0.05) is 6.04 Å². The highest BCUT2D eigenvalue weighted by molar-refractivity contribution is 5.84. The Morgan fingerprint density at radius 1 is 1.25 bits per heavy atom. The molecule has 110 valence electrons. The zero-order valence-corrected chi connectivity index (χ0v) is 12.7. The summed E-state index contributed by atoms with van der Waals surface area (Å²) in [5, 5.41) is 0. The van der Waals surface area contributed by atoms with E-state index in [9.17, 15) is 9.59 Å². The number of esters is 1. The largest absolute Gasteiger partial charge is 0.465 e. The highest BCUT2D eigenvalue weighted by Crippen LogP contribution is 2.11. The van der Waals surface area contributed by atoms with Crippen molar-refractivity contribution in [1.29, 1.82) is 0 Å². The van der Waals surface area contributed by atoms with Gasteiger partial charge < -0.3 is 9.64 Å². The van der Waals surface area contributed by atoms with Crippen molar-refractivity contribution in [2.24, 2.45) is 0 Å². The minimum Gasteiger partial charge on any atom is -0.465 e. The quantitative estimate of drug-likeness (QED) is 0.750. The van der Waals surface area contributed by atoms with Crippen molar-refractivity contribution in [2.45, 2.75) is 40.2 Å². The number of hydrogen-bond donors (Lipinski definition) is 0. The highest BCUT2D eigenvalue weighted by atomic mass is 16.5. The summed E-state index contributed by atoms with van der Waals surface area (Å²) in [6, 6.07) is 7.75. The Morgan fingerprint density at radius 3 is 2.45 bits per heavy atom. The second-order valence-corrected chi connectivity index (χ2v) is 5.02. The fourth-order valence-electron chi connectivity index (χ4n) is 1.98. The predicted molar refractivity (Wildman–Crippen MR) is 78.4 cm³/mol. The molecule has 1 aromatic carbocycles. The van der Waals surface area contributed by atoms with E-state index in [0.29, 0.717) is 13.0 Å². The van der Waals surface area contributed by atoms with E-state index in [4.69, 9.17) is 4.74 Å². The summed E-state index contributed by atoms with van der Waals surface area (Å²) in [6.45, 7) is 7.87. The molecule has 1 rings (SSSR count). The molecule has 0 fully saturated rings. The van der Waals surface area contributed by atoms with Crippen LogP contribution >= 0.6 is 0 Å². The second kappa shape index (κ2) is 7.68. The average Bonchev–Trinajstić information content (AvgIpc) is 2.38. The van der Waals surface area contributed by atoms with Crippen LogP contribution in [0.3, 0.4) is 0 Å². The van der Waals surface area contributed by atoms with Crippen LogP contribution in [-0.2, 0) is 20.7 Å². The van der Waals surface area contributed by atoms with Gasteiger partial charge in [0.15, 0.2) is 0 Å². The Labute approximate surface area is 120 Å². The molecule has 0 N–H and O–H groups in total. The lowest BCUT2D eigenvalue weighted by Gasteiger charge is -2.26. The molecule has 0 aliphatic carbocycles. The van der Waals surface area contributed by atoms with Crippen LogP contribution in [0.1, 0.15) is 31.9 Å². The van der Waals surface area contributed by atoms with Gasteiger partial charge in [-0.3, -0.25) is 9.59 Å². The van der Waals surface area contributed by atoms with Gasteiger partial charge in [-0.2, -0.15) is 0 Å². The summed E-state index contributed by atoms with van der Waals surface area (Å²) < 4.78 is 4.91. The number of nitrogens with zero attached hydrogens (tertiary/aromatic N) is 1. The van der Waals surface area contributed by atoms with E-state index < -0.39 is 0 Å². The molecule has 0 spiro atoms. The van der Waals surface area contributed by atoms with Gasteiger partial charge in [0.05, 0.1) is 13.0 Å². The Morgan fingerprint density at radius 2 is 1.90 bits per heavy atom. The average molecular weight is 277 g/mol. The first kappa shape index (κ1) is 16.2. The number of ether oxygens (including phenoxy) is 1. The van der Waals surface area contributed by atoms with Gasteiger partial charge >= 0.3 is 5.97 Å². The van der Waals surface area contributed by atoms with E-state index in [-0.39, 0.29) is 24.5 Å². The third-order valence-corrected chi connectivity index (χ3v) is 3.15. The lowest BCUT2D eigenvalue weighted by molar-refractivity contribution is -0.149. The monoisotopic (exact) mass is 277 g/mol. The van der Waals surface area contributed by atoms with Crippen LogP contribution in [0.25, 0.3) is 0 Å². The minimum absolute atomic E-state index is 0.0101. The molecule has 0 atom stereocenters. The van der Waals surface area contributed by atoms with Crippen molar-refractivity contribution in [3.63, 3.8) is 0 Å². The van der Waals surface area contributed by atoms with E-state index in [2.05, 4.69) is 0 Å². The molecule has 0 unspecified atom stereocenters. The van der Waals surface area contributed by atoms with Crippen molar-refractivity contribution < 1.29 is 14.3 Å². The first-order chi connectivity index (χ1) is 9.45. The summed E-state index contributed by atoms with van der Waals surface area (Å²) in [4.78, 5) is 25.5. The molecule has 0 saturated carbocycles. The normalized spacial score (nSPS) is 10.4. The first-order valence-corrected chi connectivity index (χ1v) is 6.95. The minimum atomic E-state index is -0.362. The summed E-state index contributed by atoms with van der Waals surface area (Å²) in [5.74, 6) is -0.415. The molecule has 4 nitrogen and oxygen atoms in total. The van der Waals surface area contributed by atoms with Crippen molar-refractivity contribution >= 4 is 11.9 Å². The maximum Gasteiger partial charge on any atom is 0.325 e. The van der Waals surface area contributed by atoms with Crippen molar-refractivity contribution in [3.05, 3.63) is 35.4 Å². The van der Waals surface area contributed by atoms with Gasteiger partial charge in [-0.1, -0.05) is 24.3 Å². The van der Waals surface area contributed by atoms with E-state index in [1.165, 1.54) is 0 Å². The lowest BCUT2D eigenvalue weighted by atomic mass is 10.0. The zero-order valence-electron chi connectivity index (χ0n) is 12.7. The van der Waals surface area contributed by atoms with Crippen molar-refractivity contribution in [1.82, 2.24) is 4.90 Å². The van der Waals surface area contributed by atoms with E-state index in [1.807, 2.05) is 45.0 Å². The van der Waals surface area contributed by atoms with Crippen LogP contribution in [0.4, 0.5) is 0 Å². The summed E-state index contributed by atoms with van der Waals surface area (Å²) >= 11 is 0. The molecule has 0 radical (unpaired) electrons. The first-order valence-electron chi connectivity index (χ1n) is 6.95. The molecular formula is C16H23NO3. The van der Waals surface area contributed by atoms with Crippen molar-refractivity contribution in [2.75, 3.05) is 13.2 Å². The standard InChI is InChI=1S/C16H23NO3/c1-5-20-16(19)11-17(12(2)3)15(18)10-14-9-7-6-8-13(14)4/h6-9,12H,5,10-11H2,1-4H3. The van der Waals surface area contributed by atoms with Crippen LogP contribution in [-0.4, -0.2) is 36.0 Å². The SMILES string of the molecule is CCOC(=O)CN(C(=O)Cc1ccccc1C)C(C)C.